The van der Waals surface area contributed by atoms with E-state index in [0.717, 1.165) is 31.8 Å². The van der Waals surface area contributed by atoms with Gasteiger partial charge in [-0.3, -0.25) is 0 Å². The number of hydrogen-bond acceptors (Lipinski definition) is 6. The van der Waals surface area contributed by atoms with Crippen LogP contribution >= 0.6 is 11.6 Å². The Morgan fingerprint density at radius 2 is 1.59 bits per heavy atom. The van der Waals surface area contributed by atoms with Crippen LogP contribution in [0.1, 0.15) is 36.0 Å². The number of carbonyl (C=O) groups is 2. The quantitative estimate of drug-likeness (QED) is 0.221. The number of ether oxygens (including phenoxy) is 2. The molecule has 7 heteroatoms. The number of anilines is 1. The highest BCUT2D eigenvalue weighted by molar-refractivity contribution is 6.30. The molecule has 0 spiro atoms. The molecule has 154 valence electrons. The molecule has 0 bridgehead atoms. The Labute approximate surface area is 175 Å². The molecular weight excluding hydrogens is 394 g/mol. The number of rotatable bonds is 12. The van der Waals surface area contributed by atoms with Crippen molar-refractivity contribution in [3.63, 3.8) is 0 Å². The summed E-state index contributed by atoms with van der Waals surface area (Å²) in [5.74, 6) is -0.197. The van der Waals surface area contributed by atoms with Gasteiger partial charge in [-0.1, -0.05) is 18.2 Å². The first kappa shape index (κ1) is 22.3. The van der Waals surface area contributed by atoms with Crippen LogP contribution in [0.4, 0.5) is 5.69 Å². The second-order valence-corrected chi connectivity index (χ2v) is 6.59. The molecule has 0 unspecified atom stereocenters. The minimum absolute atomic E-state index is 0.388. The Morgan fingerprint density at radius 1 is 0.931 bits per heavy atom. The van der Waals surface area contributed by atoms with E-state index in [1.165, 1.54) is 0 Å². The highest BCUT2D eigenvalue weighted by atomic mass is 35.5. The first-order valence-electron chi connectivity index (χ1n) is 9.33. The predicted molar refractivity (Wildman–Crippen MR) is 112 cm³/mol. The third-order valence-corrected chi connectivity index (χ3v) is 4.17. The molecule has 0 amide bonds. The molecule has 0 saturated carbocycles. The summed E-state index contributed by atoms with van der Waals surface area (Å²) in [6.07, 6.45) is 4.81. The van der Waals surface area contributed by atoms with E-state index in [-0.39, 0.29) is 5.97 Å². The van der Waals surface area contributed by atoms with Crippen LogP contribution in [-0.2, 0) is 14.4 Å². The molecular formula is C22H24ClNO5. The smallest absolute Gasteiger partial charge is 0.362 e. The topological polar surface area (TPSA) is 73.9 Å². The Bertz CT molecular complexity index is 790. The van der Waals surface area contributed by atoms with Crippen molar-refractivity contribution >= 4 is 29.2 Å². The second-order valence-electron chi connectivity index (χ2n) is 6.16. The summed E-state index contributed by atoms with van der Waals surface area (Å²) in [7, 11) is 0. The summed E-state index contributed by atoms with van der Waals surface area (Å²) in [4.78, 5) is 28.0. The molecule has 0 radical (unpaired) electrons. The van der Waals surface area contributed by atoms with Gasteiger partial charge in [0, 0.05) is 11.1 Å². The molecule has 2 aromatic carbocycles. The fourth-order valence-corrected chi connectivity index (χ4v) is 2.47. The van der Waals surface area contributed by atoms with E-state index in [9.17, 15) is 9.59 Å². The number of nitrogens with one attached hydrogen (secondary N) is 1. The van der Waals surface area contributed by atoms with Gasteiger partial charge in [-0.2, -0.15) is 0 Å². The lowest BCUT2D eigenvalue weighted by Crippen LogP contribution is -2.10. The zero-order valence-corrected chi connectivity index (χ0v) is 16.8. The zero-order chi connectivity index (χ0) is 20.9. The normalized spacial score (nSPS) is 10.1. The molecule has 6 nitrogen and oxygen atoms in total. The highest BCUT2D eigenvalue weighted by Crippen LogP contribution is 2.16. The summed E-state index contributed by atoms with van der Waals surface area (Å²) < 4.78 is 10.6. The first-order valence-corrected chi connectivity index (χ1v) is 9.71. The average molecular weight is 418 g/mol. The van der Waals surface area contributed by atoms with E-state index >= 15 is 0 Å². The minimum Gasteiger partial charge on any atom is -0.494 e. The average Bonchev–Trinajstić information content (AvgIpc) is 2.75. The van der Waals surface area contributed by atoms with Crippen molar-refractivity contribution in [2.45, 2.75) is 25.7 Å². The highest BCUT2D eigenvalue weighted by Gasteiger charge is 2.08. The summed E-state index contributed by atoms with van der Waals surface area (Å²) in [6.45, 7) is 4.33. The number of halogens is 1. The molecule has 0 aliphatic rings. The van der Waals surface area contributed by atoms with Crippen molar-refractivity contribution in [2.24, 2.45) is 0 Å². The lowest BCUT2D eigenvalue weighted by atomic mass is 10.2. The molecule has 0 aromatic heterocycles. The molecule has 0 atom stereocenters. The molecule has 0 saturated heterocycles. The number of unbranched alkanes of at least 4 members (excludes halogenated alkanes) is 3. The lowest BCUT2D eigenvalue weighted by Gasteiger charge is -2.08. The minimum atomic E-state index is -0.497. The van der Waals surface area contributed by atoms with Gasteiger partial charge in [-0.25, -0.2) is 15.1 Å². The van der Waals surface area contributed by atoms with E-state index in [1.54, 1.807) is 48.5 Å². The van der Waals surface area contributed by atoms with Crippen molar-refractivity contribution < 1.29 is 23.9 Å². The van der Waals surface area contributed by atoms with E-state index in [1.807, 2.05) is 0 Å². The van der Waals surface area contributed by atoms with Gasteiger partial charge in [0.05, 0.1) is 24.5 Å². The van der Waals surface area contributed by atoms with Crippen molar-refractivity contribution in [3.05, 3.63) is 71.8 Å². The van der Waals surface area contributed by atoms with E-state index in [0.29, 0.717) is 35.2 Å². The van der Waals surface area contributed by atoms with Crippen LogP contribution in [0.25, 0.3) is 0 Å². The Morgan fingerprint density at radius 3 is 2.24 bits per heavy atom. The maximum Gasteiger partial charge on any atom is 0.362 e. The van der Waals surface area contributed by atoms with Crippen molar-refractivity contribution in [1.82, 2.24) is 0 Å². The van der Waals surface area contributed by atoms with Crippen LogP contribution in [0.3, 0.4) is 0 Å². The maximum absolute atomic E-state index is 12.1. The summed E-state index contributed by atoms with van der Waals surface area (Å²) >= 11 is 5.81. The molecule has 0 aliphatic heterocycles. The lowest BCUT2D eigenvalue weighted by molar-refractivity contribution is -0.137. The largest absolute Gasteiger partial charge is 0.494 e. The summed E-state index contributed by atoms with van der Waals surface area (Å²) in [6, 6.07) is 13.6. The third kappa shape index (κ3) is 8.70. The van der Waals surface area contributed by atoms with Crippen LogP contribution in [0, 0.1) is 0 Å². The van der Waals surface area contributed by atoms with Gasteiger partial charge in [-0.15, -0.1) is 0 Å². The monoisotopic (exact) mass is 417 g/mol. The molecule has 29 heavy (non-hydrogen) atoms. The van der Waals surface area contributed by atoms with E-state index in [4.69, 9.17) is 25.9 Å². The van der Waals surface area contributed by atoms with Crippen molar-refractivity contribution in [2.75, 3.05) is 18.7 Å². The Balaban J connectivity index is 1.61. The molecule has 2 aromatic rings. The van der Waals surface area contributed by atoms with Crippen LogP contribution < -0.4 is 10.2 Å². The van der Waals surface area contributed by atoms with Crippen LogP contribution in [0.15, 0.2) is 61.2 Å². The van der Waals surface area contributed by atoms with Gasteiger partial charge in [0.25, 0.3) is 0 Å². The van der Waals surface area contributed by atoms with E-state index in [2.05, 4.69) is 12.1 Å². The van der Waals surface area contributed by atoms with Crippen molar-refractivity contribution in [3.8, 4) is 5.75 Å². The molecule has 0 heterocycles. The van der Waals surface area contributed by atoms with Crippen molar-refractivity contribution in [1.29, 1.82) is 0 Å². The van der Waals surface area contributed by atoms with Gasteiger partial charge < -0.3 is 14.3 Å². The fraction of sp³-hybridized carbons (Fsp3) is 0.273. The number of esters is 1. The molecule has 0 aliphatic carbocycles. The number of hydrogen-bond donors (Lipinski definition) is 1. The number of benzene rings is 2. The summed E-state index contributed by atoms with van der Waals surface area (Å²) in [5.41, 5.74) is 3.62. The van der Waals surface area contributed by atoms with Crippen LogP contribution in [0.5, 0.6) is 5.75 Å². The van der Waals surface area contributed by atoms with Crippen LogP contribution in [-0.4, -0.2) is 25.2 Å². The molecule has 1 N–H and O–H groups in total. The third-order valence-electron chi connectivity index (χ3n) is 3.91. The van der Waals surface area contributed by atoms with Gasteiger partial charge in [0.1, 0.15) is 5.75 Å². The Kier molecular flexibility index (Phi) is 9.59. The van der Waals surface area contributed by atoms with Gasteiger partial charge in [0.15, 0.2) is 0 Å². The van der Waals surface area contributed by atoms with Gasteiger partial charge in [-0.05, 0) is 74.2 Å². The van der Waals surface area contributed by atoms with Gasteiger partial charge >= 0.3 is 11.9 Å². The molecule has 2 rings (SSSR count). The van der Waals surface area contributed by atoms with E-state index < -0.39 is 5.97 Å². The standard InChI is InChI=1S/C22H24ClNO5/c1-2-21(25)28-16-6-4-3-5-15-27-20-13-7-17(8-14-20)22(26)29-24-19-11-9-18(23)10-12-19/h2,7-14,24H,1,3-6,15-16H2. The molecule has 0 fully saturated rings. The number of carbonyl (C=O) groups excluding carboxylic acids is 2. The first-order chi connectivity index (χ1) is 14.1. The zero-order valence-electron chi connectivity index (χ0n) is 16.1. The fourth-order valence-electron chi connectivity index (χ4n) is 2.35. The Hall–Kier alpha value is -2.99. The predicted octanol–water partition coefficient (Wildman–Crippen LogP) is 5.19. The summed E-state index contributed by atoms with van der Waals surface area (Å²) in [5, 5.41) is 0.603. The maximum atomic E-state index is 12.1. The van der Waals surface area contributed by atoms with Crippen LogP contribution in [0.2, 0.25) is 5.02 Å². The van der Waals surface area contributed by atoms with Gasteiger partial charge in [0.2, 0.25) is 0 Å². The second kappa shape index (κ2) is 12.5. The SMILES string of the molecule is C=CC(=O)OCCCCCCOc1ccc(C(=O)ONc2ccc(Cl)cc2)cc1.